The molecule has 0 aliphatic heterocycles. The summed E-state index contributed by atoms with van der Waals surface area (Å²) in [6, 6.07) is 0. The summed E-state index contributed by atoms with van der Waals surface area (Å²) in [5.74, 6) is 0.944. The van der Waals surface area contributed by atoms with Gasteiger partial charge in [0.1, 0.15) is 12.2 Å². The molecule has 1 aromatic rings. The van der Waals surface area contributed by atoms with Crippen LogP contribution in [0.3, 0.4) is 0 Å². The van der Waals surface area contributed by atoms with Gasteiger partial charge in [-0.05, 0) is 19.8 Å². The standard InChI is InChI=1S/C7H12N4/c1-2-11-6(9-5-10-11)7(8)3-4-7/h5H,2-4,8H2,1H3. The molecule has 4 nitrogen and oxygen atoms in total. The van der Waals surface area contributed by atoms with Gasteiger partial charge in [0.05, 0.1) is 5.54 Å². The number of hydrogen-bond acceptors (Lipinski definition) is 3. The van der Waals surface area contributed by atoms with Crippen LogP contribution in [0.2, 0.25) is 0 Å². The van der Waals surface area contributed by atoms with Crippen molar-refractivity contribution in [2.24, 2.45) is 5.73 Å². The van der Waals surface area contributed by atoms with Crippen LogP contribution >= 0.6 is 0 Å². The highest BCUT2D eigenvalue weighted by molar-refractivity contribution is 5.13. The van der Waals surface area contributed by atoms with Gasteiger partial charge >= 0.3 is 0 Å². The Morgan fingerprint density at radius 1 is 1.73 bits per heavy atom. The summed E-state index contributed by atoms with van der Waals surface area (Å²) in [7, 11) is 0. The van der Waals surface area contributed by atoms with Gasteiger partial charge < -0.3 is 5.73 Å². The van der Waals surface area contributed by atoms with E-state index in [1.807, 2.05) is 11.6 Å². The molecule has 1 heterocycles. The first kappa shape index (κ1) is 6.79. The quantitative estimate of drug-likeness (QED) is 0.660. The molecule has 0 amide bonds. The summed E-state index contributed by atoms with van der Waals surface area (Å²) in [5.41, 5.74) is 5.82. The molecule has 1 aliphatic carbocycles. The zero-order chi connectivity index (χ0) is 7.90. The first-order valence-corrected chi connectivity index (χ1v) is 3.93. The zero-order valence-corrected chi connectivity index (χ0v) is 6.62. The highest BCUT2D eigenvalue weighted by Crippen LogP contribution is 2.41. The minimum Gasteiger partial charge on any atom is -0.319 e. The Balaban J connectivity index is 2.36. The van der Waals surface area contributed by atoms with Gasteiger partial charge in [0.15, 0.2) is 0 Å². The number of aryl methyl sites for hydroxylation is 1. The zero-order valence-electron chi connectivity index (χ0n) is 6.62. The van der Waals surface area contributed by atoms with Gasteiger partial charge in [0.25, 0.3) is 0 Å². The number of nitrogens with zero attached hydrogens (tertiary/aromatic N) is 3. The molecule has 0 atom stereocenters. The normalized spacial score (nSPS) is 20.2. The van der Waals surface area contributed by atoms with Crippen molar-refractivity contribution in [2.75, 3.05) is 0 Å². The lowest BCUT2D eigenvalue weighted by atomic mass is 10.3. The summed E-state index contributed by atoms with van der Waals surface area (Å²) in [6.07, 6.45) is 3.67. The largest absolute Gasteiger partial charge is 0.319 e. The summed E-state index contributed by atoms with van der Waals surface area (Å²) in [4.78, 5) is 4.15. The van der Waals surface area contributed by atoms with Gasteiger partial charge in [-0.3, -0.25) is 0 Å². The van der Waals surface area contributed by atoms with Crippen LogP contribution in [0, 0.1) is 0 Å². The fourth-order valence-corrected chi connectivity index (χ4v) is 1.24. The summed E-state index contributed by atoms with van der Waals surface area (Å²) in [5, 5.41) is 4.07. The Labute approximate surface area is 65.4 Å². The Morgan fingerprint density at radius 3 is 3.00 bits per heavy atom. The van der Waals surface area contributed by atoms with Crippen LogP contribution in [0.1, 0.15) is 25.6 Å². The predicted molar refractivity (Wildman–Crippen MR) is 40.8 cm³/mol. The van der Waals surface area contributed by atoms with Crippen molar-refractivity contribution >= 4 is 0 Å². The maximum atomic E-state index is 5.97. The van der Waals surface area contributed by atoms with E-state index in [0.29, 0.717) is 0 Å². The van der Waals surface area contributed by atoms with Crippen LogP contribution in [0.4, 0.5) is 0 Å². The predicted octanol–water partition coefficient (Wildman–Crippen LogP) is 0.246. The molecule has 0 saturated heterocycles. The van der Waals surface area contributed by atoms with Gasteiger partial charge in [0, 0.05) is 6.54 Å². The topological polar surface area (TPSA) is 56.7 Å². The molecule has 1 aliphatic rings. The smallest absolute Gasteiger partial charge is 0.146 e. The molecule has 0 radical (unpaired) electrons. The van der Waals surface area contributed by atoms with Gasteiger partial charge in [-0.15, -0.1) is 0 Å². The average Bonchev–Trinajstić information content (AvgIpc) is 2.61. The van der Waals surface area contributed by atoms with Crippen LogP contribution in [0.5, 0.6) is 0 Å². The molecule has 11 heavy (non-hydrogen) atoms. The molecule has 0 unspecified atom stereocenters. The second-order valence-corrected chi connectivity index (χ2v) is 3.06. The highest BCUT2D eigenvalue weighted by atomic mass is 15.3. The molecule has 1 saturated carbocycles. The Hall–Kier alpha value is -0.900. The first-order valence-electron chi connectivity index (χ1n) is 3.93. The molecule has 0 spiro atoms. The van der Waals surface area contributed by atoms with Crippen LogP contribution in [-0.2, 0) is 12.1 Å². The van der Waals surface area contributed by atoms with Crippen molar-refractivity contribution < 1.29 is 0 Å². The second-order valence-electron chi connectivity index (χ2n) is 3.06. The van der Waals surface area contributed by atoms with E-state index in [1.165, 1.54) is 0 Å². The van der Waals surface area contributed by atoms with E-state index < -0.39 is 0 Å². The van der Waals surface area contributed by atoms with Crippen LogP contribution < -0.4 is 5.73 Å². The average molecular weight is 152 g/mol. The monoisotopic (exact) mass is 152 g/mol. The number of nitrogens with two attached hydrogens (primary N) is 1. The van der Waals surface area contributed by atoms with Crippen LogP contribution in [0.15, 0.2) is 6.33 Å². The van der Waals surface area contributed by atoms with Crippen molar-refractivity contribution in [3.63, 3.8) is 0 Å². The van der Waals surface area contributed by atoms with E-state index in [-0.39, 0.29) is 5.54 Å². The molecule has 1 fully saturated rings. The van der Waals surface area contributed by atoms with E-state index in [1.54, 1.807) is 6.33 Å². The Bertz CT molecular complexity index is 261. The summed E-state index contributed by atoms with van der Waals surface area (Å²) >= 11 is 0. The maximum Gasteiger partial charge on any atom is 0.146 e. The Morgan fingerprint density at radius 2 is 2.45 bits per heavy atom. The lowest BCUT2D eigenvalue weighted by Gasteiger charge is -2.07. The SMILES string of the molecule is CCn1ncnc1C1(N)CC1. The van der Waals surface area contributed by atoms with Crippen LogP contribution in [0.25, 0.3) is 0 Å². The fourth-order valence-electron chi connectivity index (χ4n) is 1.24. The molecule has 2 N–H and O–H groups in total. The van der Waals surface area contributed by atoms with E-state index in [0.717, 1.165) is 25.2 Å². The van der Waals surface area contributed by atoms with Gasteiger partial charge in [-0.25, -0.2) is 9.67 Å². The minimum atomic E-state index is -0.146. The molecule has 0 bridgehead atoms. The summed E-state index contributed by atoms with van der Waals surface area (Å²) < 4.78 is 1.87. The van der Waals surface area contributed by atoms with E-state index in [9.17, 15) is 0 Å². The molecule has 1 aromatic heterocycles. The van der Waals surface area contributed by atoms with Crippen molar-refractivity contribution in [3.8, 4) is 0 Å². The highest BCUT2D eigenvalue weighted by Gasteiger charge is 2.44. The molecule has 0 aromatic carbocycles. The molecule has 2 rings (SSSR count). The minimum absolute atomic E-state index is 0.146. The molecule has 60 valence electrons. The van der Waals surface area contributed by atoms with Gasteiger partial charge in [0.2, 0.25) is 0 Å². The van der Waals surface area contributed by atoms with E-state index in [4.69, 9.17) is 5.73 Å². The van der Waals surface area contributed by atoms with Crippen molar-refractivity contribution in [3.05, 3.63) is 12.2 Å². The Kier molecular flexibility index (Phi) is 1.26. The lowest BCUT2D eigenvalue weighted by Crippen LogP contribution is -2.24. The van der Waals surface area contributed by atoms with Gasteiger partial charge in [-0.1, -0.05) is 0 Å². The van der Waals surface area contributed by atoms with Crippen LogP contribution in [-0.4, -0.2) is 14.8 Å². The number of hydrogen-bond donors (Lipinski definition) is 1. The molecular formula is C7H12N4. The number of rotatable bonds is 2. The third-order valence-corrected chi connectivity index (χ3v) is 2.15. The van der Waals surface area contributed by atoms with Crippen molar-refractivity contribution in [1.82, 2.24) is 14.8 Å². The van der Waals surface area contributed by atoms with E-state index in [2.05, 4.69) is 10.1 Å². The molecular weight excluding hydrogens is 140 g/mol. The second kappa shape index (κ2) is 2.04. The van der Waals surface area contributed by atoms with Crippen molar-refractivity contribution in [2.45, 2.75) is 31.8 Å². The van der Waals surface area contributed by atoms with E-state index >= 15 is 0 Å². The first-order chi connectivity index (χ1) is 5.26. The summed E-state index contributed by atoms with van der Waals surface area (Å²) in [6.45, 7) is 2.90. The third kappa shape index (κ3) is 0.939. The lowest BCUT2D eigenvalue weighted by molar-refractivity contribution is 0.552. The van der Waals surface area contributed by atoms with Gasteiger partial charge in [-0.2, -0.15) is 5.10 Å². The number of aromatic nitrogens is 3. The third-order valence-electron chi connectivity index (χ3n) is 2.15. The molecule has 4 heteroatoms. The maximum absolute atomic E-state index is 5.97. The van der Waals surface area contributed by atoms with Crippen molar-refractivity contribution in [1.29, 1.82) is 0 Å². The fraction of sp³-hybridized carbons (Fsp3) is 0.714.